The minimum Gasteiger partial charge on any atom is -0.462 e. The largest absolute Gasteiger partial charge is 0.462 e. The molecule has 0 rings (SSSR count). The van der Waals surface area contributed by atoms with Gasteiger partial charge in [-0.25, -0.2) is 0 Å². The van der Waals surface area contributed by atoms with Crippen molar-refractivity contribution in [3.05, 3.63) is 85.1 Å². The lowest BCUT2D eigenvalue weighted by Crippen LogP contribution is -2.30. The molecule has 0 aliphatic rings. The third-order valence-electron chi connectivity index (χ3n) is 14.6. The molecule has 0 radical (unpaired) electrons. The lowest BCUT2D eigenvalue weighted by Gasteiger charge is -2.18. The number of unbranched alkanes of at least 4 members (excludes halogenated alkanes) is 36. The van der Waals surface area contributed by atoms with Gasteiger partial charge in [0.15, 0.2) is 6.10 Å². The summed E-state index contributed by atoms with van der Waals surface area (Å²) >= 11 is 0. The fourth-order valence-electron chi connectivity index (χ4n) is 9.59. The van der Waals surface area contributed by atoms with Gasteiger partial charge < -0.3 is 14.2 Å². The van der Waals surface area contributed by atoms with E-state index in [0.717, 1.165) is 109 Å². The Kier molecular flexibility index (Phi) is 63.2. The van der Waals surface area contributed by atoms with E-state index < -0.39 is 6.10 Å². The topological polar surface area (TPSA) is 78.9 Å². The molecule has 0 aromatic heterocycles. The maximum absolute atomic E-state index is 12.9. The normalized spacial score (nSPS) is 12.6. The first-order valence-corrected chi connectivity index (χ1v) is 33.6. The first kappa shape index (κ1) is 74.6. The van der Waals surface area contributed by atoms with Crippen LogP contribution >= 0.6 is 0 Å². The second-order valence-electron chi connectivity index (χ2n) is 22.3. The Morgan fingerprint density at radius 2 is 0.526 bits per heavy atom. The zero-order valence-electron chi connectivity index (χ0n) is 51.7. The first-order valence-electron chi connectivity index (χ1n) is 33.6. The highest BCUT2D eigenvalue weighted by Crippen LogP contribution is 2.17. The smallest absolute Gasteiger partial charge is 0.306 e. The van der Waals surface area contributed by atoms with Gasteiger partial charge in [-0.05, 0) is 109 Å². The van der Waals surface area contributed by atoms with Crippen LogP contribution in [0, 0.1) is 0 Å². The lowest BCUT2D eigenvalue weighted by atomic mass is 10.0. The Balaban J connectivity index is 4.22. The molecule has 0 saturated heterocycles. The zero-order valence-corrected chi connectivity index (χ0v) is 51.7. The van der Waals surface area contributed by atoms with Crippen LogP contribution in [0.25, 0.3) is 0 Å². The molecule has 450 valence electrons. The maximum Gasteiger partial charge on any atom is 0.306 e. The summed E-state index contributed by atoms with van der Waals surface area (Å²) < 4.78 is 16.9. The van der Waals surface area contributed by atoms with Crippen molar-refractivity contribution in [1.29, 1.82) is 0 Å². The van der Waals surface area contributed by atoms with Gasteiger partial charge in [-0.2, -0.15) is 0 Å². The van der Waals surface area contributed by atoms with Crippen molar-refractivity contribution in [3.63, 3.8) is 0 Å². The van der Waals surface area contributed by atoms with Crippen molar-refractivity contribution >= 4 is 17.9 Å². The lowest BCUT2D eigenvalue weighted by molar-refractivity contribution is -0.167. The number of rotatable bonds is 61. The SMILES string of the molecule is CC/C=C\C/C=C\C/C=C\C/C=C\C/C=C\CCCCCCCCCCCC(=O)OCC(COC(=O)CCCCCCC/C=C\CCC)OC(=O)CCCCCCCCCCCCCCC/C=C\CCCCCCCCCC. The van der Waals surface area contributed by atoms with Crippen LogP contribution in [0.5, 0.6) is 0 Å². The van der Waals surface area contributed by atoms with Crippen molar-refractivity contribution in [2.45, 2.75) is 341 Å². The molecule has 78 heavy (non-hydrogen) atoms. The summed E-state index contributed by atoms with van der Waals surface area (Å²) in [5.41, 5.74) is 0. The van der Waals surface area contributed by atoms with E-state index in [0.29, 0.717) is 19.3 Å². The van der Waals surface area contributed by atoms with E-state index >= 15 is 0 Å². The van der Waals surface area contributed by atoms with Crippen LogP contribution in [0.2, 0.25) is 0 Å². The molecule has 0 aliphatic heterocycles. The molecule has 0 bridgehead atoms. The summed E-state index contributed by atoms with van der Waals surface area (Å²) in [5.74, 6) is -0.884. The van der Waals surface area contributed by atoms with E-state index in [4.69, 9.17) is 14.2 Å². The van der Waals surface area contributed by atoms with Crippen LogP contribution < -0.4 is 0 Å². The second kappa shape index (κ2) is 66.1. The van der Waals surface area contributed by atoms with E-state index in [2.05, 4.69) is 106 Å². The molecular formula is C72H126O6. The number of ether oxygens (including phenoxy) is 3. The van der Waals surface area contributed by atoms with E-state index in [9.17, 15) is 14.4 Å². The number of carbonyl (C=O) groups excluding carboxylic acids is 3. The Morgan fingerprint density at radius 1 is 0.269 bits per heavy atom. The van der Waals surface area contributed by atoms with Crippen molar-refractivity contribution in [2.75, 3.05) is 13.2 Å². The fourth-order valence-corrected chi connectivity index (χ4v) is 9.59. The van der Waals surface area contributed by atoms with E-state index in [1.54, 1.807) is 0 Å². The van der Waals surface area contributed by atoms with Crippen molar-refractivity contribution in [3.8, 4) is 0 Å². The quantitative estimate of drug-likeness (QED) is 0.0261. The van der Waals surface area contributed by atoms with E-state index in [1.165, 1.54) is 186 Å². The van der Waals surface area contributed by atoms with Crippen LogP contribution in [0.1, 0.15) is 335 Å². The van der Waals surface area contributed by atoms with Crippen molar-refractivity contribution < 1.29 is 28.6 Å². The standard InChI is InChI=1S/C72H126O6/c1-4-7-10-13-16-19-22-24-26-28-30-32-34-36-38-40-42-44-46-48-50-53-56-59-62-65-71(74)77-68-69(67-76-70(73)64-61-58-55-52-21-18-15-12-9-6-3)78-72(75)66-63-60-57-54-51-49-47-45-43-41-39-37-35-33-31-29-27-25-23-20-17-14-11-8-5-2/h7,10,12,15-16,19,24,26,29-32,36,38,69H,4-6,8-9,11,13-14,17-18,20-23,25,27-28,33-35,37,39-68H2,1-3H3/b10-7-,15-12-,19-16-,26-24-,31-29-,32-30-,38-36-. The maximum atomic E-state index is 12.9. The molecule has 1 unspecified atom stereocenters. The van der Waals surface area contributed by atoms with Crippen LogP contribution in [-0.4, -0.2) is 37.2 Å². The number of esters is 3. The molecule has 0 aromatic carbocycles. The van der Waals surface area contributed by atoms with Gasteiger partial charge in [-0.1, -0.05) is 292 Å². The average Bonchev–Trinajstić information content (AvgIpc) is 3.44. The van der Waals surface area contributed by atoms with Crippen LogP contribution in [-0.2, 0) is 28.6 Å². The second-order valence-corrected chi connectivity index (χ2v) is 22.3. The summed E-state index contributed by atoms with van der Waals surface area (Å²) in [4.78, 5) is 38.3. The Bertz CT molecular complexity index is 1480. The van der Waals surface area contributed by atoms with Crippen LogP contribution in [0.4, 0.5) is 0 Å². The molecule has 0 amide bonds. The van der Waals surface area contributed by atoms with E-state index in [1.807, 2.05) is 0 Å². The van der Waals surface area contributed by atoms with Gasteiger partial charge in [-0.3, -0.25) is 14.4 Å². The zero-order chi connectivity index (χ0) is 56.4. The molecule has 0 aromatic rings. The highest BCUT2D eigenvalue weighted by Gasteiger charge is 2.19. The summed E-state index contributed by atoms with van der Waals surface area (Å²) in [6.07, 6.45) is 87.5. The molecule has 0 spiro atoms. The molecule has 0 saturated carbocycles. The summed E-state index contributed by atoms with van der Waals surface area (Å²) in [6.45, 7) is 6.49. The third kappa shape index (κ3) is 63.4. The summed E-state index contributed by atoms with van der Waals surface area (Å²) in [7, 11) is 0. The molecule has 6 nitrogen and oxygen atoms in total. The van der Waals surface area contributed by atoms with Gasteiger partial charge in [0.2, 0.25) is 0 Å². The molecule has 6 heteroatoms. The number of allylic oxidation sites excluding steroid dienone is 14. The monoisotopic (exact) mass is 1090 g/mol. The van der Waals surface area contributed by atoms with Crippen molar-refractivity contribution in [2.24, 2.45) is 0 Å². The van der Waals surface area contributed by atoms with Gasteiger partial charge in [0, 0.05) is 19.3 Å². The molecule has 0 heterocycles. The Labute approximate surface area is 484 Å². The third-order valence-corrected chi connectivity index (χ3v) is 14.6. The number of hydrogen-bond acceptors (Lipinski definition) is 6. The Hall–Kier alpha value is -3.41. The fraction of sp³-hybridized carbons (Fsp3) is 0.764. The summed E-state index contributed by atoms with van der Waals surface area (Å²) in [6, 6.07) is 0. The first-order chi connectivity index (χ1) is 38.5. The van der Waals surface area contributed by atoms with Gasteiger partial charge in [0.05, 0.1) is 0 Å². The predicted molar refractivity (Wildman–Crippen MR) is 339 cm³/mol. The average molecular weight is 1090 g/mol. The van der Waals surface area contributed by atoms with Crippen molar-refractivity contribution in [1.82, 2.24) is 0 Å². The van der Waals surface area contributed by atoms with Gasteiger partial charge in [-0.15, -0.1) is 0 Å². The molecule has 0 fully saturated rings. The van der Waals surface area contributed by atoms with Gasteiger partial charge in [0.25, 0.3) is 0 Å². The molecule has 0 aliphatic carbocycles. The van der Waals surface area contributed by atoms with Gasteiger partial charge >= 0.3 is 17.9 Å². The number of carbonyl (C=O) groups is 3. The number of hydrogen-bond donors (Lipinski definition) is 0. The van der Waals surface area contributed by atoms with Crippen LogP contribution in [0.3, 0.4) is 0 Å². The highest BCUT2D eigenvalue weighted by atomic mass is 16.6. The highest BCUT2D eigenvalue weighted by molar-refractivity contribution is 5.71. The van der Waals surface area contributed by atoms with Gasteiger partial charge in [0.1, 0.15) is 13.2 Å². The molecule has 0 N–H and O–H groups in total. The van der Waals surface area contributed by atoms with E-state index in [-0.39, 0.29) is 31.1 Å². The minimum atomic E-state index is -0.783. The predicted octanol–water partition coefficient (Wildman–Crippen LogP) is 23.1. The van der Waals surface area contributed by atoms with Crippen LogP contribution in [0.15, 0.2) is 85.1 Å². The summed E-state index contributed by atoms with van der Waals surface area (Å²) in [5, 5.41) is 0. The Morgan fingerprint density at radius 3 is 0.846 bits per heavy atom. The molecule has 1 atom stereocenters. The molecular weight excluding hydrogens is 961 g/mol. The minimum absolute atomic E-state index is 0.0806.